The maximum atomic E-state index is 11.4. The minimum atomic E-state index is -1.23. The first-order chi connectivity index (χ1) is 8.15. The Morgan fingerprint density at radius 2 is 2.53 bits per heavy atom. The predicted molar refractivity (Wildman–Crippen MR) is 61.7 cm³/mol. The number of amides is 1. The van der Waals surface area contributed by atoms with Crippen LogP contribution in [0.15, 0.2) is 16.9 Å². The topological polar surface area (TPSA) is 93.6 Å². The second kappa shape index (κ2) is 5.22. The SMILES string of the molecule is O=C([O-])CC1S/C(=N\NC2=CCCC2)NC1=O. The summed E-state index contributed by atoms with van der Waals surface area (Å²) in [7, 11) is 0. The predicted octanol–water partition coefficient (Wildman–Crippen LogP) is -0.714. The summed E-state index contributed by atoms with van der Waals surface area (Å²) in [6, 6.07) is 0. The molecule has 2 rings (SSSR count). The summed E-state index contributed by atoms with van der Waals surface area (Å²) in [6.45, 7) is 0. The van der Waals surface area contributed by atoms with Gasteiger partial charge < -0.3 is 15.2 Å². The highest BCUT2D eigenvalue weighted by molar-refractivity contribution is 8.15. The van der Waals surface area contributed by atoms with Crippen LogP contribution in [0.25, 0.3) is 0 Å². The number of hydrogen-bond donors (Lipinski definition) is 2. The van der Waals surface area contributed by atoms with Crippen molar-refractivity contribution in [1.82, 2.24) is 10.7 Å². The summed E-state index contributed by atoms with van der Waals surface area (Å²) >= 11 is 1.11. The Morgan fingerprint density at radius 1 is 1.71 bits per heavy atom. The van der Waals surface area contributed by atoms with E-state index in [4.69, 9.17) is 0 Å². The van der Waals surface area contributed by atoms with E-state index in [9.17, 15) is 14.7 Å². The number of thioether (sulfide) groups is 1. The van der Waals surface area contributed by atoms with E-state index in [2.05, 4.69) is 21.9 Å². The van der Waals surface area contributed by atoms with Crippen molar-refractivity contribution in [3.8, 4) is 0 Å². The van der Waals surface area contributed by atoms with Gasteiger partial charge in [-0.05, 0) is 19.3 Å². The van der Waals surface area contributed by atoms with Crippen molar-refractivity contribution in [1.29, 1.82) is 0 Å². The van der Waals surface area contributed by atoms with Crippen molar-refractivity contribution in [2.45, 2.75) is 30.9 Å². The number of carbonyl (C=O) groups is 2. The first-order valence-corrected chi connectivity index (χ1v) is 6.23. The third-order valence-corrected chi connectivity index (χ3v) is 3.55. The van der Waals surface area contributed by atoms with Gasteiger partial charge in [0.15, 0.2) is 5.17 Å². The molecule has 1 amide bonds. The van der Waals surface area contributed by atoms with Crippen LogP contribution in [0.3, 0.4) is 0 Å². The number of carboxylic acid groups (broad SMARTS) is 1. The molecule has 17 heavy (non-hydrogen) atoms. The molecule has 2 N–H and O–H groups in total. The Labute approximate surface area is 103 Å². The zero-order valence-electron chi connectivity index (χ0n) is 9.06. The van der Waals surface area contributed by atoms with Crippen LogP contribution in [-0.2, 0) is 9.59 Å². The van der Waals surface area contributed by atoms with Crippen molar-refractivity contribution >= 4 is 28.8 Å². The summed E-state index contributed by atoms with van der Waals surface area (Å²) in [5.41, 5.74) is 3.91. The smallest absolute Gasteiger partial charge is 0.239 e. The molecule has 1 aliphatic carbocycles. The van der Waals surface area contributed by atoms with Gasteiger partial charge in [-0.2, -0.15) is 5.10 Å². The van der Waals surface area contributed by atoms with E-state index in [-0.39, 0.29) is 12.3 Å². The average Bonchev–Trinajstić information content (AvgIpc) is 2.86. The number of carboxylic acids is 1. The molecule has 1 heterocycles. The first-order valence-electron chi connectivity index (χ1n) is 5.35. The lowest BCUT2D eigenvalue weighted by Crippen LogP contribution is -2.31. The summed E-state index contributed by atoms with van der Waals surface area (Å²) in [6.07, 6.45) is 4.88. The zero-order valence-corrected chi connectivity index (χ0v) is 9.88. The van der Waals surface area contributed by atoms with Crippen LogP contribution >= 0.6 is 11.8 Å². The molecule has 7 heteroatoms. The molecule has 0 bridgehead atoms. The van der Waals surface area contributed by atoms with Gasteiger partial charge in [-0.15, -0.1) is 0 Å². The largest absolute Gasteiger partial charge is 0.550 e. The molecule has 0 radical (unpaired) electrons. The number of rotatable bonds is 4. The number of carbonyl (C=O) groups excluding carboxylic acids is 2. The molecule has 0 aromatic carbocycles. The Morgan fingerprint density at radius 3 is 3.18 bits per heavy atom. The summed E-state index contributed by atoms with van der Waals surface area (Å²) in [4.78, 5) is 21.8. The van der Waals surface area contributed by atoms with Crippen molar-refractivity contribution in [2.75, 3.05) is 0 Å². The summed E-state index contributed by atoms with van der Waals surface area (Å²) in [5.74, 6) is -1.56. The van der Waals surface area contributed by atoms with E-state index in [1.807, 2.05) is 0 Å². The second-order valence-electron chi connectivity index (χ2n) is 3.82. The lowest BCUT2D eigenvalue weighted by molar-refractivity contribution is -0.305. The normalized spacial score (nSPS) is 25.9. The third kappa shape index (κ3) is 3.23. The molecule has 1 atom stereocenters. The van der Waals surface area contributed by atoms with Crippen molar-refractivity contribution in [2.24, 2.45) is 5.10 Å². The zero-order chi connectivity index (χ0) is 12.3. The summed E-state index contributed by atoms with van der Waals surface area (Å²) < 4.78 is 0. The van der Waals surface area contributed by atoms with Gasteiger partial charge in [0, 0.05) is 18.1 Å². The number of aliphatic carboxylic acids is 1. The van der Waals surface area contributed by atoms with Gasteiger partial charge in [-0.3, -0.25) is 10.2 Å². The van der Waals surface area contributed by atoms with Gasteiger partial charge in [0.2, 0.25) is 5.91 Å². The fourth-order valence-corrected chi connectivity index (χ4v) is 2.55. The van der Waals surface area contributed by atoms with E-state index in [0.717, 1.165) is 36.7 Å². The van der Waals surface area contributed by atoms with Crippen LogP contribution in [0.4, 0.5) is 0 Å². The van der Waals surface area contributed by atoms with E-state index in [0.29, 0.717) is 5.17 Å². The molecule has 6 nitrogen and oxygen atoms in total. The minimum Gasteiger partial charge on any atom is -0.550 e. The number of amidine groups is 1. The lowest BCUT2D eigenvalue weighted by Gasteiger charge is -2.04. The molecule has 0 aromatic heterocycles. The van der Waals surface area contributed by atoms with Crippen LogP contribution in [0.5, 0.6) is 0 Å². The number of nitrogens with one attached hydrogen (secondary N) is 2. The molecule has 0 saturated carbocycles. The van der Waals surface area contributed by atoms with E-state index in [1.165, 1.54) is 0 Å². The van der Waals surface area contributed by atoms with Gasteiger partial charge in [-0.25, -0.2) is 0 Å². The Hall–Kier alpha value is -1.50. The molecule has 1 unspecified atom stereocenters. The van der Waals surface area contributed by atoms with Crippen LogP contribution in [-0.4, -0.2) is 22.3 Å². The van der Waals surface area contributed by atoms with Crippen LogP contribution < -0.4 is 15.8 Å². The quantitative estimate of drug-likeness (QED) is 0.646. The van der Waals surface area contributed by atoms with E-state index < -0.39 is 11.2 Å². The van der Waals surface area contributed by atoms with Gasteiger partial charge in [0.1, 0.15) is 0 Å². The van der Waals surface area contributed by atoms with Gasteiger partial charge in [-0.1, -0.05) is 17.8 Å². The van der Waals surface area contributed by atoms with E-state index in [1.54, 1.807) is 0 Å². The molecule has 1 saturated heterocycles. The van der Waals surface area contributed by atoms with Crippen molar-refractivity contribution < 1.29 is 14.7 Å². The van der Waals surface area contributed by atoms with E-state index >= 15 is 0 Å². The molecule has 0 aromatic rings. The van der Waals surface area contributed by atoms with Crippen molar-refractivity contribution in [3.05, 3.63) is 11.8 Å². The highest BCUT2D eigenvalue weighted by Gasteiger charge is 2.30. The standard InChI is InChI=1S/C10H13N3O3S/c14-8(15)5-7-9(16)11-10(17-7)13-12-6-3-1-2-4-6/h3,7,12H,1-2,4-5H2,(H,14,15)(H,11,13,16)/p-1. The monoisotopic (exact) mass is 254 g/mol. The van der Waals surface area contributed by atoms with Crippen LogP contribution in [0, 0.1) is 0 Å². The van der Waals surface area contributed by atoms with Gasteiger partial charge in [0.25, 0.3) is 0 Å². The average molecular weight is 254 g/mol. The highest BCUT2D eigenvalue weighted by Crippen LogP contribution is 2.22. The number of allylic oxidation sites excluding steroid dienone is 2. The highest BCUT2D eigenvalue weighted by atomic mass is 32.2. The minimum absolute atomic E-state index is 0.293. The number of hydrazone groups is 1. The molecule has 2 aliphatic rings. The molecule has 1 aliphatic heterocycles. The number of nitrogens with zero attached hydrogens (tertiary/aromatic N) is 1. The van der Waals surface area contributed by atoms with Crippen LogP contribution in [0.2, 0.25) is 0 Å². The Kier molecular flexibility index (Phi) is 3.68. The Balaban J connectivity index is 1.89. The lowest BCUT2D eigenvalue weighted by atomic mass is 10.3. The van der Waals surface area contributed by atoms with Gasteiger partial charge >= 0.3 is 0 Å². The molecular weight excluding hydrogens is 242 g/mol. The maximum absolute atomic E-state index is 11.4. The fourth-order valence-electron chi connectivity index (χ4n) is 1.64. The van der Waals surface area contributed by atoms with Gasteiger partial charge in [0.05, 0.1) is 5.25 Å². The maximum Gasteiger partial charge on any atom is 0.239 e. The Bertz CT molecular complexity index is 406. The molecule has 0 spiro atoms. The molecule has 1 fully saturated rings. The second-order valence-corrected chi connectivity index (χ2v) is 5.01. The molecule has 92 valence electrons. The fraction of sp³-hybridized carbons (Fsp3) is 0.500. The van der Waals surface area contributed by atoms with Crippen LogP contribution in [0.1, 0.15) is 25.7 Å². The first kappa shape index (κ1) is 12.0. The molecular formula is C10H12N3O3S-. The summed E-state index contributed by atoms with van der Waals surface area (Å²) in [5, 5.41) is 16.7. The third-order valence-electron chi connectivity index (χ3n) is 2.47. The number of hydrogen-bond acceptors (Lipinski definition) is 6. The van der Waals surface area contributed by atoms with Crippen molar-refractivity contribution in [3.63, 3.8) is 0 Å².